The third kappa shape index (κ3) is 28.9. The molecule has 0 spiro atoms. The Labute approximate surface area is 486 Å². The van der Waals surface area contributed by atoms with Gasteiger partial charge < -0.3 is 63.3 Å². The summed E-state index contributed by atoms with van der Waals surface area (Å²) in [5, 5.41) is 28.9. The second kappa shape index (κ2) is 46.9. The first-order chi connectivity index (χ1) is 32.7. The number of nitrogens with two attached hydrogens (primary N) is 1. The van der Waals surface area contributed by atoms with E-state index >= 15 is 0 Å². The number of thioether (sulfide) groups is 3. The van der Waals surface area contributed by atoms with Gasteiger partial charge in [0.1, 0.15) is 18.3 Å². The zero-order valence-corrected chi connectivity index (χ0v) is 46.9. The highest BCUT2D eigenvalue weighted by atomic mass is 127. The maximum absolute atomic E-state index is 11.6. The van der Waals surface area contributed by atoms with Crippen molar-refractivity contribution in [2.24, 2.45) is 23.5 Å². The topological polar surface area (TPSA) is 251 Å². The summed E-state index contributed by atoms with van der Waals surface area (Å²) in [5.74, 6) is 1.52. The lowest BCUT2D eigenvalue weighted by Crippen LogP contribution is -2.58. The van der Waals surface area contributed by atoms with Gasteiger partial charge in [0.2, 0.25) is 0 Å². The van der Waals surface area contributed by atoms with Gasteiger partial charge in [-0.2, -0.15) is 40.5 Å². The number of rotatable bonds is 14. The van der Waals surface area contributed by atoms with Gasteiger partial charge in [0.05, 0.1) is 30.5 Å². The highest BCUT2D eigenvalue weighted by molar-refractivity contribution is 14.1. The molecule has 9 fully saturated rings. The smallest absolute Gasteiger partial charge is 0.303 e. The molecule has 9 heterocycles. The first-order valence-corrected chi connectivity index (χ1v) is 29.2. The van der Waals surface area contributed by atoms with Gasteiger partial charge in [-0.1, -0.05) is 79.0 Å². The minimum absolute atomic E-state index is 0. The first kappa shape index (κ1) is 83.0. The molecule has 75 heavy (non-hydrogen) atoms. The Bertz CT molecular complexity index is 1540. The Balaban J connectivity index is -0.000000306. The number of hydrogen-bond acceptors (Lipinski definition) is 21. The molecular formula is C51H98BClIN2O16S3. The number of carbonyl (C=O) groups excluding carboxylic acids is 4. The number of ether oxygens (including phenoxy) is 10. The molecule has 18 nitrogen and oxygen atoms in total. The largest absolute Gasteiger partial charge is 0.458 e. The lowest BCUT2D eigenvalue weighted by Gasteiger charge is -2.44. The van der Waals surface area contributed by atoms with Crippen LogP contribution in [0.2, 0.25) is 0 Å². The molecule has 443 valence electrons. The Hall–Kier alpha value is -0.855. The zero-order valence-electron chi connectivity index (χ0n) is 41.5. The maximum Gasteiger partial charge on any atom is 0.303 e. The normalized spacial score (nSPS) is 31.1. The van der Waals surface area contributed by atoms with Crippen LogP contribution in [0.25, 0.3) is 0 Å². The van der Waals surface area contributed by atoms with E-state index in [-0.39, 0.29) is 100.0 Å². The predicted molar refractivity (Wildman–Crippen MR) is 314 cm³/mol. The van der Waals surface area contributed by atoms with E-state index in [1.165, 1.54) is 27.7 Å². The fourth-order valence-electron chi connectivity index (χ4n) is 8.92. The molecule has 24 heteroatoms. The summed E-state index contributed by atoms with van der Waals surface area (Å²) >= 11 is 7.43. The lowest BCUT2D eigenvalue weighted by molar-refractivity contribution is -0.285. The van der Waals surface area contributed by atoms with Crippen molar-refractivity contribution in [2.75, 3.05) is 66.3 Å². The van der Waals surface area contributed by atoms with Crippen LogP contribution in [-0.2, 0) is 66.5 Å². The number of alkyl halides is 1. The van der Waals surface area contributed by atoms with Gasteiger partial charge in [0.15, 0.2) is 31.1 Å². The van der Waals surface area contributed by atoms with Crippen molar-refractivity contribution in [3.63, 3.8) is 0 Å². The lowest BCUT2D eigenvalue weighted by atomic mass is 9.85. The highest BCUT2D eigenvalue weighted by Gasteiger charge is 2.52. The van der Waals surface area contributed by atoms with E-state index in [4.69, 9.17) is 58.4 Å². The molecule has 0 aromatic rings. The molecule has 9 saturated heterocycles. The third-order valence-corrected chi connectivity index (χ3v) is 14.9. The number of esters is 4. The van der Waals surface area contributed by atoms with Crippen LogP contribution in [0.3, 0.4) is 0 Å². The van der Waals surface area contributed by atoms with Gasteiger partial charge >= 0.3 is 23.9 Å². The number of hydrogen-bond donors (Lipinski definition) is 3. The molecule has 9 aliphatic rings. The van der Waals surface area contributed by atoms with Crippen molar-refractivity contribution < 1.29 is 76.8 Å². The summed E-state index contributed by atoms with van der Waals surface area (Å²) in [6.45, 7) is 7.73. The SMILES string of the molecule is C.C.C.C.C.CC(=O)OC1C2OCCCCC(C(CI)O2)C1OC(C)=O.CC(=O)OC1C2OCCCCC(C(CSCCC#N)O2)C1OC(C)=O.CSC.Cl.NCCCSCC1OC2OCCCCC1C(O)C2O.[B]. The molecule has 9 aliphatic heterocycles. The van der Waals surface area contributed by atoms with E-state index in [9.17, 15) is 29.4 Å². The van der Waals surface area contributed by atoms with E-state index in [1.807, 2.05) is 12.5 Å². The van der Waals surface area contributed by atoms with Crippen LogP contribution in [0.15, 0.2) is 0 Å². The number of nitrogens with zero attached hydrogens (tertiary/aromatic N) is 1. The van der Waals surface area contributed by atoms with Crippen LogP contribution < -0.4 is 5.73 Å². The van der Waals surface area contributed by atoms with E-state index < -0.39 is 73.4 Å². The van der Waals surface area contributed by atoms with Crippen LogP contribution >= 0.6 is 70.3 Å². The van der Waals surface area contributed by atoms with Gasteiger partial charge in [-0.3, -0.25) is 19.2 Å². The van der Waals surface area contributed by atoms with Gasteiger partial charge in [0.25, 0.3) is 0 Å². The fraction of sp³-hybridized carbons (Fsp3) is 0.902. The van der Waals surface area contributed by atoms with Gasteiger partial charge in [-0.05, 0) is 69.8 Å². The Morgan fingerprint density at radius 3 is 1.37 bits per heavy atom. The van der Waals surface area contributed by atoms with Crippen molar-refractivity contribution in [3.8, 4) is 6.07 Å². The number of halogens is 2. The van der Waals surface area contributed by atoms with Crippen molar-refractivity contribution in [3.05, 3.63) is 0 Å². The molecule has 0 saturated carbocycles. The van der Waals surface area contributed by atoms with Crippen LogP contribution in [0.4, 0.5) is 0 Å². The zero-order chi connectivity index (χ0) is 50.0. The third-order valence-electron chi connectivity index (χ3n) is 11.9. The summed E-state index contributed by atoms with van der Waals surface area (Å²) in [6, 6.07) is 2.12. The summed E-state index contributed by atoms with van der Waals surface area (Å²) < 4.78 is 57.5. The number of carbonyl (C=O) groups is 4. The van der Waals surface area contributed by atoms with E-state index in [0.717, 1.165) is 85.9 Å². The van der Waals surface area contributed by atoms with E-state index in [0.29, 0.717) is 38.5 Å². The van der Waals surface area contributed by atoms with Crippen molar-refractivity contribution in [1.82, 2.24) is 0 Å². The molecular weight excluding hydrogens is 1170 g/mol. The molecule has 15 unspecified atom stereocenters. The van der Waals surface area contributed by atoms with Crippen molar-refractivity contribution in [1.29, 1.82) is 5.26 Å². The molecule has 0 aromatic carbocycles. The summed E-state index contributed by atoms with van der Waals surface area (Å²) in [4.78, 5) is 46.0. The van der Waals surface area contributed by atoms with Crippen molar-refractivity contribution in [2.45, 2.75) is 209 Å². The molecule has 0 aliphatic carbocycles. The minimum Gasteiger partial charge on any atom is -0.458 e. The van der Waals surface area contributed by atoms with Crippen LogP contribution in [0.5, 0.6) is 0 Å². The summed E-state index contributed by atoms with van der Waals surface area (Å²) in [6.07, 6.45) is 7.17. The Morgan fingerprint density at radius 1 is 0.600 bits per heavy atom. The van der Waals surface area contributed by atoms with Crippen LogP contribution in [-0.4, -0.2) is 183 Å². The summed E-state index contributed by atoms with van der Waals surface area (Å²) in [7, 11) is 0. The second-order valence-corrected chi connectivity index (χ2v) is 21.3. The van der Waals surface area contributed by atoms with Gasteiger partial charge in [0, 0.05) is 102 Å². The standard InChI is InChI=1S/C17H25NO6S.C14H21IO6.C13H25NO4S.C2H6S.5CH4.B.ClH/c1-11(19)22-15-13-6-3-4-8-21-17(16(15)23-12(2)20)24-14(13)10-25-9-5-7-18;1-8(16)19-12-10-5-3-4-6-18-14(21-11(10)7-15)13(12)20-9(2)17;14-5-3-7-19-8-10-9-4-1-2-6-17-13(18-10)12(16)11(9)15;1-3-2;;;;;;;/h13-17H,3-6,8-10H2,1-2H3;10-14H,3-7H2,1-2H3;9-13,15-16H,1-8,14H2;1-2H3;5*1H4;;1H. The van der Waals surface area contributed by atoms with E-state index in [2.05, 4.69) is 28.7 Å². The van der Waals surface area contributed by atoms with Crippen molar-refractivity contribution >= 4 is 103 Å². The first-order valence-electron chi connectivity index (χ1n) is 23.8. The molecule has 15 atom stereocenters. The molecule has 6 bridgehead atoms. The van der Waals surface area contributed by atoms with E-state index in [1.54, 1.807) is 35.3 Å². The number of aliphatic hydroxyl groups excluding tert-OH is 2. The Morgan fingerprint density at radius 2 is 0.960 bits per heavy atom. The fourth-order valence-corrected chi connectivity index (χ4v) is 11.8. The van der Waals surface area contributed by atoms with Crippen LogP contribution in [0.1, 0.15) is 135 Å². The maximum atomic E-state index is 11.6. The molecule has 9 rings (SSSR count). The van der Waals surface area contributed by atoms with Gasteiger partial charge in [-0.15, -0.1) is 12.4 Å². The second-order valence-electron chi connectivity index (χ2n) is 17.3. The number of nitriles is 1. The molecule has 0 amide bonds. The average Bonchev–Trinajstić information content (AvgIpc) is 3.61. The molecule has 0 aromatic heterocycles. The Kier molecular flexibility index (Phi) is 51.8. The monoisotopic (exact) mass is 1260 g/mol. The number of aliphatic hydroxyl groups is 2. The predicted octanol–water partition coefficient (Wildman–Crippen LogP) is 8.40. The summed E-state index contributed by atoms with van der Waals surface area (Å²) in [5.41, 5.74) is 5.48. The molecule has 3 radical (unpaired) electrons. The number of fused-ring (bicyclic) bond motifs is 18. The minimum atomic E-state index is -0.923. The average molecular weight is 1260 g/mol. The molecule has 4 N–H and O–H groups in total. The quantitative estimate of drug-likeness (QED) is 0.0369. The van der Waals surface area contributed by atoms with Crippen LogP contribution in [0, 0.1) is 29.1 Å². The van der Waals surface area contributed by atoms with Gasteiger partial charge in [-0.25, -0.2) is 0 Å². The highest BCUT2D eigenvalue weighted by Crippen LogP contribution is 2.39.